The van der Waals surface area contributed by atoms with E-state index in [1.165, 1.54) is 18.2 Å². The summed E-state index contributed by atoms with van der Waals surface area (Å²) in [6.07, 6.45) is 4.56. The number of amides is 1. The van der Waals surface area contributed by atoms with Gasteiger partial charge in [0.2, 0.25) is 5.91 Å². The number of thiocarbonyl (C=S) groups is 1. The quantitative estimate of drug-likeness (QED) is 0.338. The number of anilines is 1. The van der Waals surface area contributed by atoms with E-state index in [2.05, 4.69) is 10.6 Å². The van der Waals surface area contributed by atoms with Crippen molar-refractivity contribution in [1.29, 1.82) is 0 Å². The molecule has 0 bridgehead atoms. The lowest BCUT2D eigenvalue weighted by atomic mass is 10.2. The minimum Gasteiger partial charge on any atom is -0.362 e. The summed E-state index contributed by atoms with van der Waals surface area (Å²) < 4.78 is 0. The fourth-order valence-electron chi connectivity index (χ4n) is 2.64. The van der Waals surface area contributed by atoms with Gasteiger partial charge in [0.1, 0.15) is 0 Å². The monoisotopic (exact) mass is 384 g/mol. The van der Waals surface area contributed by atoms with Crippen LogP contribution in [0.15, 0.2) is 18.2 Å². The number of nitro groups is 1. The lowest BCUT2D eigenvalue weighted by Gasteiger charge is -2.20. The zero-order chi connectivity index (χ0) is 18.2. The molecule has 0 atom stereocenters. The average Bonchev–Trinajstić information content (AvgIpc) is 2.78. The Kier molecular flexibility index (Phi) is 7.39. The van der Waals surface area contributed by atoms with Crippen LogP contribution in [-0.4, -0.2) is 40.5 Å². The van der Waals surface area contributed by atoms with Gasteiger partial charge in [-0.05, 0) is 37.5 Å². The number of non-ortho nitro benzene ring substituents is 1. The highest BCUT2D eigenvalue weighted by atomic mass is 35.5. The highest BCUT2D eigenvalue weighted by Gasteiger charge is 2.15. The van der Waals surface area contributed by atoms with Crippen molar-refractivity contribution in [3.63, 3.8) is 0 Å². The van der Waals surface area contributed by atoms with E-state index in [-0.39, 0.29) is 11.6 Å². The second-order valence-corrected chi connectivity index (χ2v) is 6.66. The van der Waals surface area contributed by atoms with Gasteiger partial charge < -0.3 is 15.5 Å². The molecule has 1 aromatic rings. The summed E-state index contributed by atoms with van der Waals surface area (Å²) in [7, 11) is 0. The van der Waals surface area contributed by atoms with E-state index < -0.39 is 4.92 Å². The third-order valence-electron chi connectivity index (χ3n) is 3.97. The van der Waals surface area contributed by atoms with E-state index in [4.69, 9.17) is 23.8 Å². The van der Waals surface area contributed by atoms with Gasteiger partial charge in [0.25, 0.3) is 5.69 Å². The Morgan fingerprint density at radius 1 is 1.36 bits per heavy atom. The number of nitrogens with one attached hydrogen (secondary N) is 2. The van der Waals surface area contributed by atoms with Crippen LogP contribution in [0, 0.1) is 10.1 Å². The van der Waals surface area contributed by atoms with Crippen molar-refractivity contribution >= 4 is 46.2 Å². The smallest absolute Gasteiger partial charge is 0.271 e. The molecule has 0 unspecified atom stereocenters. The van der Waals surface area contributed by atoms with Gasteiger partial charge in [-0.1, -0.05) is 18.0 Å². The number of hydrogen-bond acceptors (Lipinski definition) is 4. The van der Waals surface area contributed by atoms with Crippen LogP contribution in [0.1, 0.15) is 32.1 Å². The second-order valence-electron chi connectivity index (χ2n) is 5.85. The summed E-state index contributed by atoms with van der Waals surface area (Å²) in [6, 6.07) is 4.13. The zero-order valence-electron chi connectivity index (χ0n) is 13.8. The molecule has 0 radical (unpaired) electrons. The van der Waals surface area contributed by atoms with Crippen molar-refractivity contribution in [2.45, 2.75) is 32.1 Å². The van der Waals surface area contributed by atoms with Gasteiger partial charge in [0.05, 0.1) is 15.6 Å². The highest BCUT2D eigenvalue weighted by molar-refractivity contribution is 7.80. The Labute approximate surface area is 156 Å². The predicted molar refractivity (Wildman–Crippen MR) is 102 cm³/mol. The number of hydrogen-bond donors (Lipinski definition) is 2. The van der Waals surface area contributed by atoms with Crippen LogP contribution in [0.3, 0.4) is 0 Å². The maximum Gasteiger partial charge on any atom is 0.271 e. The molecule has 1 aromatic carbocycles. The van der Waals surface area contributed by atoms with Crippen LogP contribution < -0.4 is 10.6 Å². The van der Waals surface area contributed by atoms with Gasteiger partial charge in [-0.2, -0.15) is 0 Å². The van der Waals surface area contributed by atoms with Crippen LogP contribution in [-0.2, 0) is 4.79 Å². The number of nitro benzene ring substituents is 1. The molecule has 2 rings (SSSR count). The summed E-state index contributed by atoms with van der Waals surface area (Å²) in [6.45, 7) is 2.12. The topological polar surface area (TPSA) is 87.5 Å². The molecule has 9 heteroatoms. The van der Waals surface area contributed by atoms with Crippen molar-refractivity contribution in [3.05, 3.63) is 33.3 Å². The molecular formula is C16H21ClN4O3S. The summed E-state index contributed by atoms with van der Waals surface area (Å²) in [5.41, 5.74) is 0.324. The third kappa shape index (κ3) is 6.13. The summed E-state index contributed by atoms with van der Waals surface area (Å²) in [5.74, 6) is 0.224. The van der Waals surface area contributed by atoms with E-state index in [1.807, 2.05) is 4.90 Å². The number of benzene rings is 1. The average molecular weight is 385 g/mol. The Morgan fingerprint density at radius 3 is 2.92 bits per heavy atom. The molecule has 1 amide bonds. The van der Waals surface area contributed by atoms with Crippen molar-refractivity contribution < 1.29 is 9.72 Å². The second kappa shape index (κ2) is 9.53. The third-order valence-corrected chi connectivity index (χ3v) is 4.55. The van der Waals surface area contributed by atoms with Gasteiger partial charge in [-0.3, -0.25) is 14.9 Å². The molecule has 136 valence electrons. The molecule has 1 aliphatic heterocycles. The van der Waals surface area contributed by atoms with Gasteiger partial charge in [-0.25, -0.2) is 0 Å². The Hall–Kier alpha value is -1.93. The highest BCUT2D eigenvalue weighted by Crippen LogP contribution is 2.26. The molecule has 1 aliphatic rings. The van der Waals surface area contributed by atoms with Crippen molar-refractivity contribution in [2.75, 3.05) is 25.0 Å². The van der Waals surface area contributed by atoms with Gasteiger partial charge in [0.15, 0.2) is 5.11 Å². The number of rotatable bonds is 6. The molecule has 1 saturated heterocycles. The van der Waals surface area contributed by atoms with Crippen LogP contribution in [0.4, 0.5) is 11.4 Å². The van der Waals surface area contributed by atoms with E-state index >= 15 is 0 Å². The van der Waals surface area contributed by atoms with Crippen molar-refractivity contribution in [2.24, 2.45) is 0 Å². The standard InChI is InChI=1S/C16H21ClN4O3S/c17-13-7-6-12(21(23)24)11-14(13)19-16(25)18-8-4-10-20-9-3-1-2-5-15(20)22/h6-7,11H,1-5,8-10H2,(H2,18,19,25). The first-order valence-corrected chi connectivity index (χ1v) is 9.02. The number of nitrogens with zero attached hydrogens (tertiary/aromatic N) is 2. The molecular weight excluding hydrogens is 364 g/mol. The molecule has 0 saturated carbocycles. The predicted octanol–water partition coefficient (Wildman–Crippen LogP) is 3.33. The van der Waals surface area contributed by atoms with Gasteiger partial charge in [-0.15, -0.1) is 0 Å². The largest absolute Gasteiger partial charge is 0.362 e. The lowest BCUT2D eigenvalue weighted by Crippen LogP contribution is -2.35. The van der Waals surface area contributed by atoms with Crippen LogP contribution in [0.5, 0.6) is 0 Å². The Bertz CT molecular complexity index is 656. The SMILES string of the molecule is O=C1CCCCCN1CCCNC(=S)Nc1cc([N+](=O)[O-])ccc1Cl. The number of carbonyl (C=O) groups excluding carboxylic acids is 1. The van der Waals surface area contributed by atoms with E-state index in [0.29, 0.717) is 35.3 Å². The maximum atomic E-state index is 11.9. The molecule has 0 spiro atoms. The number of likely N-dealkylation sites (tertiary alicyclic amines) is 1. The minimum absolute atomic E-state index is 0.0608. The molecule has 0 aromatic heterocycles. The minimum atomic E-state index is -0.490. The zero-order valence-corrected chi connectivity index (χ0v) is 15.4. The van der Waals surface area contributed by atoms with Crippen LogP contribution >= 0.6 is 23.8 Å². The summed E-state index contributed by atoms with van der Waals surface area (Å²) in [5, 5.41) is 17.4. The molecule has 1 heterocycles. The van der Waals surface area contributed by atoms with Crippen molar-refractivity contribution in [1.82, 2.24) is 10.2 Å². The Morgan fingerprint density at radius 2 is 2.16 bits per heavy atom. The van der Waals surface area contributed by atoms with Crippen LogP contribution in [0.2, 0.25) is 5.02 Å². The van der Waals surface area contributed by atoms with Crippen LogP contribution in [0.25, 0.3) is 0 Å². The molecule has 7 nitrogen and oxygen atoms in total. The fraction of sp³-hybridized carbons (Fsp3) is 0.500. The van der Waals surface area contributed by atoms with Gasteiger partial charge >= 0.3 is 0 Å². The molecule has 0 aliphatic carbocycles. The van der Waals surface area contributed by atoms with E-state index in [9.17, 15) is 14.9 Å². The fourth-order valence-corrected chi connectivity index (χ4v) is 3.01. The first kappa shape index (κ1) is 19.4. The maximum absolute atomic E-state index is 11.9. The summed E-state index contributed by atoms with van der Waals surface area (Å²) >= 11 is 11.2. The number of carbonyl (C=O) groups is 1. The Balaban J connectivity index is 1.76. The first-order chi connectivity index (χ1) is 12.0. The van der Waals surface area contributed by atoms with Gasteiger partial charge in [0, 0.05) is 38.2 Å². The lowest BCUT2D eigenvalue weighted by molar-refractivity contribution is -0.384. The van der Waals surface area contributed by atoms with Crippen molar-refractivity contribution in [3.8, 4) is 0 Å². The van der Waals surface area contributed by atoms with E-state index in [0.717, 1.165) is 32.2 Å². The first-order valence-electron chi connectivity index (χ1n) is 8.24. The number of halogens is 1. The van der Waals surface area contributed by atoms with E-state index in [1.54, 1.807) is 0 Å². The molecule has 1 fully saturated rings. The molecule has 2 N–H and O–H groups in total. The normalized spacial score (nSPS) is 14.8. The summed E-state index contributed by atoms with van der Waals surface area (Å²) in [4.78, 5) is 24.1. The molecule has 25 heavy (non-hydrogen) atoms.